The van der Waals surface area contributed by atoms with Crippen LogP contribution in [0.1, 0.15) is 16.1 Å². The highest BCUT2D eigenvalue weighted by Crippen LogP contribution is 2.30. The first kappa shape index (κ1) is 13.4. The van der Waals surface area contributed by atoms with Gasteiger partial charge in [0, 0.05) is 43.9 Å². The van der Waals surface area contributed by atoms with Gasteiger partial charge in [0.1, 0.15) is 5.69 Å². The molecule has 1 aromatic carbocycles. The third-order valence-corrected chi connectivity index (χ3v) is 3.78. The van der Waals surface area contributed by atoms with Crippen molar-refractivity contribution >= 4 is 23.0 Å². The van der Waals surface area contributed by atoms with E-state index in [2.05, 4.69) is 38.7 Å². The normalized spacial score (nSPS) is 12.5. The molecule has 2 N–H and O–H groups in total. The number of rotatable bonds is 3. The van der Waals surface area contributed by atoms with Gasteiger partial charge in [0.15, 0.2) is 0 Å². The minimum Gasteiger partial charge on any atom is -0.384 e. The summed E-state index contributed by atoms with van der Waals surface area (Å²) in [4.78, 5) is 17.8. The van der Waals surface area contributed by atoms with E-state index in [0.717, 1.165) is 24.3 Å². The summed E-state index contributed by atoms with van der Waals surface area (Å²) in [5.41, 5.74) is 5.01. The van der Waals surface area contributed by atoms with Crippen LogP contribution in [0, 0.1) is 0 Å². The lowest BCUT2D eigenvalue weighted by molar-refractivity contribution is 0.0958. The Labute approximate surface area is 124 Å². The Morgan fingerprint density at radius 3 is 2.90 bits per heavy atom. The van der Waals surface area contributed by atoms with Crippen molar-refractivity contribution in [3.8, 4) is 0 Å². The molecule has 108 valence electrons. The first-order valence-corrected chi connectivity index (χ1v) is 6.97. The number of nitrogens with one attached hydrogen (secondary N) is 2. The molecule has 0 radical (unpaired) electrons. The second kappa shape index (κ2) is 5.44. The number of hydrogen-bond acceptors (Lipinski definition) is 4. The van der Waals surface area contributed by atoms with E-state index in [1.807, 2.05) is 13.1 Å². The Balaban J connectivity index is 1.91. The molecule has 0 saturated heterocycles. The van der Waals surface area contributed by atoms with Crippen molar-refractivity contribution in [2.24, 2.45) is 0 Å². The molecule has 3 rings (SSSR count). The zero-order chi connectivity index (χ0) is 14.8. The summed E-state index contributed by atoms with van der Waals surface area (Å²) in [6.07, 6.45) is 2.71. The first-order valence-electron chi connectivity index (χ1n) is 6.97. The van der Waals surface area contributed by atoms with Crippen molar-refractivity contribution in [3.63, 3.8) is 0 Å². The average molecular weight is 282 g/mol. The minimum absolute atomic E-state index is 0.177. The molecule has 0 bridgehead atoms. The Kier molecular flexibility index (Phi) is 3.48. The summed E-state index contributed by atoms with van der Waals surface area (Å²) in [7, 11) is 3.60. The summed E-state index contributed by atoms with van der Waals surface area (Å²) < 4.78 is 0. The van der Waals surface area contributed by atoms with E-state index in [4.69, 9.17) is 0 Å². The number of carbonyl (C=O) groups excluding carboxylic acids is 1. The molecule has 0 aliphatic carbocycles. The maximum absolute atomic E-state index is 11.7. The van der Waals surface area contributed by atoms with Crippen LogP contribution < -0.4 is 15.5 Å². The first-order chi connectivity index (χ1) is 10.2. The smallest absolute Gasteiger partial charge is 0.269 e. The van der Waals surface area contributed by atoms with Gasteiger partial charge in [-0.25, -0.2) is 0 Å². The van der Waals surface area contributed by atoms with Gasteiger partial charge in [-0.2, -0.15) is 0 Å². The summed E-state index contributed by atoms with van der Waals surface area (Å²) in [6, 6.07) is 10.1. The maximum Gasteiger partial charge on any atom is 0.269 e. The van der Waals surface area contributed by atoms with Gasteiger partial charge in [-0.05, 0) is 42.3 Å². The van der Waals surface area contributed by atoms with E-state index < -0.39 is 0 Å². The predicted octanol–water partition coefficient (Wildman–Crippen LogP) is 2.18. The molecule has 5 nitrogen and oxygen atoms in total. The lowest BCUT2D eigenvalue weighted by Crippen LogP contribution is -2.20. The number of anilines is 3. The van der Waals surface area contributed by atoms with Gasteiger partial charge in [-0.3, -0.25) is 9.78 Å². The topological polar surface area (TPSA) is 57.3 Å². The van der Waals surface area contributed by atoms with Crippen molar-refractivity contribution in [1.29, 1.82) is 0 Å². The number of carbonyl (C=O) groups is 1. The number of amides is 1. The summed E-state index contributed by atoms with van der Waals surface area (Å²) >= 11 is 0. The monoisotopic (exact) mass is 282 g/mol. The van der Waals surface area contributed by atoms with E-state index in [1.54, 1.807) is 19.3 Å². The molecule has 0 atom stereocenters. The van der Waals surface area contributed by atoms with Crippen LogP contribution in [-0.2, 0) is 6.42 Å². The Hall–Kier alpha value is -2.56. The van der Waals surface area contributed by atoms with E-state index >= 15 is 0 Å². The van der Waals surface area contributed by atoms with Crippen LogP contribution in [-0.4, -0.2) is 31.5 Å². The second-order valence-electron chi connectivity index (χ2n) is 5.06. The largest absolute Gasteiger partial charge is 0.384 e. The number of nitrogens with zero attached hydrogens (tertiary/aromatic N) is 2. The Morgan fingerprint density at radius 1 is 1.29 bits per heavy atom. The second-order valence-corrected chi connectivity index (χ2v) is 5.06. The van der Waals surface area contributed by atoms with Crippen LogP contribution >= 0.6 is 0 Å². The molecule has 0 unspecified atom stereocenters. The molecule has 5 heteroatoms. The fourth-order valence-electron chi connectivity index (χ4n) is 2.53. The van der Waals surface area contributed by atoms with Crippen molar-refractivity contribution in [2.45, 2.75) is 6.42 Å². The van der Waals surface area contributed by atoms with Gasteiger partial charge in [0.05, 0.1) is 0 Å². The molecule has 1 aromatic heterocycles. The van der Waals surface area contributed by atoms with Crippen molar-refractivity contribution < 1.29 is 4.79 Å². The van der Waals surface area contributed by atoms with Crippen LogP contribution in [0.5, 0.6) is 0 Å². The quantitative estimate of drug-likeness (QED) is 0.906. The van der Waals surface area contributed by atoms with Crippen molar-refractivity contribution in [1.82, 2.24) is 10.3 Å². The Bertz CT molecular complexity index is 684. The average Bonchev–Trinajstić information content (AvgIpc) is 3.01. The molecule has 21 heavy (non-hydrogen) atoms. The predicted molar refractivity (Wildman–Crippen MR) is 84.3 cm³/mol. The van der Waals surface area contributed by atoms with Crippen LogP contribution in [0.3, 0.4) is 0 Å². The van der Waals surface area contributed by atoms with Crippen LogP contribution in [0.25, 0.3) is 0 Å². The van der Waals surface area contributed by atoms with Crippen LogP contribution in [0.15, 0.2) is 36.5 Å². The van der Waals surface area contributed by atoms with Gasteiger partial charge in [-0.1, -0.05) is 0 Å². The lowest BCUT2D eigenvalue weighted by Gasteiger charge is -2.20. The highest BCUT2D eigenvalue weighted by Gasteiger charge is 2.13. The van der Waals surface area contributed by atoms with Crippen molar-refractivity contribution in [2.75, 3.05) is 30.9 Å². The van der Waals surface area contributed by atoms with Gasteiger partial charge < -0.3 is 15.5 Å². The summed E-state index contributed by atoms with van der Waals surface area (Å²) in [5, 5.41) is 5.95. The molecule has 2 heterocycles. The molecule has 2 aromatic rings. The molecule has 0 spiro atoms. The SMILES string of the molecule is CNC(=O)c1cc(N(C)c2ccc3c(c2)CCN3)ccn1. The lowest BCUT2D eigenvalue weighted by atomic mass is 10.1. The number of aromatic nitrogens is 1. The summed E-state index contributed by atoms with van der Waals surface area (Å²) in [6.45, 7) is 0.999. The maximum atomic E-state index is 11.7. The van der Waals surface area contributed by atoms with Crippen LogP contribution in [0.2, 0.25) is 0 Å². The molecule has 1 aliphatic rings. The molecule has 0 fully saturated rings. The number of fused-ring (bicyclic) bond motifs is 1. The van der Waals surface area contributed by atoms with Crippen LogP contribution in [0.4, 0.5) is 17.1 Å². The molecular formula is C16H18N4O. The highest BCUT2D eigenvalue weighted by atomic mass is 16.1. The molecule has 0 saturated carbocycles. The summed E-state index contributed by atoms with van der Waals surface area (Å²) in [5.74, 6) is -0.177. The number of pyridine rings is 1. The van der Waals surface area contributed by atoms with E-state index in [9.17, 15) is 4.79 Å². The third-order valence-electron chi connectivity index (χ3n) is 3.78. The number of hydrogen-bond donors (Lipinski definition) is 2. The molecular weight excluding hydrogens is 264 g/mol. The van der Waals surface area contributed by atoms with Gasteiger partial charge in [-0.15, -0.1) is 0 Å². The van der Waals surface area contributed by atoms with Crippen molar-refractivity contribution in [3.05, 3.63) is 47.8 Å². The highest BCUT2D eigenvalue weighted by molar-refractivity contribution is 5.93. The zero-order valence-corrected chi connectivity index (χ0v) is 12.2. The number of benzene rings is 1. The minimum atomic E-state index is -0.177. The van der Waals surface area contributed by atoms with Gasteiger partial charge in [0.25, 0.3) is 5.91 Å². The Morgan fingerprint density at radius 2 is 2.10 bits per heavy atom. The molecule has 1 amide bonds. The van der Waals surface area contributed by atoms with Gasteiger partial charge in [0.2, 0.25) is 0 Å². The standard InChI is InChI=1S/C16H18N4O/c1-17-16(21)15-10-13(6-8-19-15)20(2)12-3-4-14-11(9-12)5-7-18-14/h3-4,6,8-10,18H,5,7H2,1-2H3,(H,17,21). The third kappa shape index (κ3) is 2.54. The van der Waals surface area contributed by atoms with E-state index in [0.29, 0.717) is 5.69 Å². The van der Waals surface area contributed by atoms with Gasteiger partial charge >= 0.3 is 0 Å². The fourth-order valence-corrected chi connectivity index (χ4v) is 2.53. The fraction of sp³-hybridized carbons (Fsp3) is 0.250. The zero-order valence-electron chi connectivity index (χ0n) is 12.2. The van der Waals surface area contributed by atoms with E-state index in [1.165, 1.54) is 11.3 Å². The molecule has 1 aliphatic heterocycles. The van der Waals surface area contributed by atoms with E-state index in [-0.39, 0.29) is 5.91 Å².